The Kier molecular flexibility index (Phi) is 8.28. The molecule has 0 aromatic heterocycles. The molecule has 3 rings (SSSR count). The molecule has 0 heterocycles. The predicted octanol–water partition coefficient (Wildman–Crippen LogP) is -0.512. The number of unbranched alkanes of at least 4 members (excludes halogenated alkanes) is 1. The molecule has 2 aromatic rings. The van der Waals surface area contributed by atoms with E-state index in [4.69, 9.17) is 0 Å². The Morgan fingerprint density at radius 3 is 2.43 bits per heavy atom. The molecule has 23 heavy (non-hydrogen) atoms. The average molecular weight is 424 g/mol. The first-order chi connectivity index (χ1) is 10.2. The number of aryl methyl sites for hydroxylation is 2. The van der Waals surface area contributed by atoms with Crippen LogP contribution in [0, 0.1) is 6.92 Å². The second kappa shape index (κ2) is 9.21. The molecule has 0 saturated heterocycles. The molecule has 0 spiro atoms. The summed E-state index contributed by atoms with van der Waals surface area (Å²) in [5.74, 6) is 0. The van der Waals surface area contributed by atoms with Crippen LogP contribution in [0.2, 0.25) is 0 Å². The van der Waals surface area contributed by atoms with Gasteiger partial charge in [0.25, 0.3) is 0 Å². The zero-order chi connectivity index (χ0) is 14.8. The number of halogens is 2. The molecule has 0 aliphatic heterocycles. The quantitative estimate of drug-likeness (QED) is 0.622. The van der Waals surface area contributed by atoms with Gasteiger partial charge < -0.3 is 24.8 Å². The van der Waals surface area contributed by atoms with E-state index in [0.717, 1.165) is 0 Å². The molecule has 119 valence electrons. The molecular formula is C20H21Cl2Zr. The third-order valence-corrected chi connectivity index (χ3v) is 5.88. The number of allylic oxidation sites excluding steroid dienone is 1. The topological polar surface area (TPSA) is 0 Å². The monoisotopic (exact) mass is 421 g/mol. The fourth-order valence-electron chi connectivity index (χ4n) is 3.14. The molecule has 0 amide bonds. The summed E-state index contributed by atoms with van der Waals surface area (Å²) in [6, 6.07) is 15.9. The van der Waals surface area contributed by atoms with Crippen LogP contribution in [0.1, 0.15) is 51.2 Å². The molecule has 0 nitrogen and oxygen atoms in total. The van der Waals surface area contributed by atoms with Crippen LogP contribution in [0.25, 0.3) is 11.6 Å². The Morgan fingerprint density at radius 2 is 1.78 bits per heavy atom. The number of benzene rings is 2. The number of rotatable bonds is 4. The second-order valence-corrected chi connectivity index (χ2v) is 7.33. The Hall–Kier alpha value is -0.357. The van der Waals surface area contributed by atoms with Crippen molar-refractivity contribution in [3.63, 3.8) is 0 Å². The van der Waals surface area contributed by atoms with Crippen molar-refractivity contribution in [2.75, 3.05) is 0 Å². The van der Waals surface area contributed by atoms with Crippen molar-refractivity contribution in [3.05, 3.63) is 70.3 Å². The van der Waals surface area contributed by atoms with E-state index in [-0.39, 0.29) is 24.8 Å². The van der Waals surface area contributed by atoms with Crippen molar-refractivity contribution in [2.24, 2.45) is 0 Å². The van der Waals surface area contributed by atoms with Crippen molar-refractivity contribution in [3.8, 4) is 0 Å². The third kappa shape index (κ3) is 4.38. The molecule has 1 unspecified atom stereocenters. The third-order valence-electron chi connectivity index (χ3n) is 4.35. The summed E-state index contributed by atoms with van der Waals surface area (Å²) in [6.45, 7) is 4.52. The summed E-state index contributed by atoms with van der Waals surface area (Å²) >= 11 is 1.58. The summed E-state index contributed by atoms with van der Waals surface area (Å²) in [7, 11) is 0. The fraction of sp³-hybridized carbons (Fsp3) is 0.300. The smallest absolute Gasteiger partial charge is 1.00 e. The van der Waals surface area contributed by atoms with Gasteiger partial charge in [-0.25, -0.2) is 0 Å². The molecule has 1 atom stereocenters. The SMILES string of the molecule is CCCCc1ccc(C2=Cc3ccccc3[CH]2[Zr+2])c(C)c1.[Cl-].[Cl-]. The molecule has 3 heteroatoms. The first-order valence-electron chi connectivity index (χ1n) is 7.82. The Balaban J connectivity index is 0.00000132. The van der Waals surface area contributed by atoms with Gasteiger partial charge in [0.15, 0.2) is 0 Å². The minimum Gasteiger partial charge on any atom is -1.00 e. The van der Waals surface area contributed by atoms with E-state index in [1.165, 1.54) is 52.7 Å². The van der Waals surface area contributed by atoms with E-state index in [0.29, 0.717) is 3.63 Å². The van der Waals surface area contributed by atoms with Crippen molar-refractivity contribution < 1.29 is 49.5 Å². The van der Waals surface area contributed by atoms with Gasteiger partial charge in [0.05, 0.1) is 0 Å². The minimum absolute atomic E-state index is 0. The normalized spacial score (nSPS) is 15.3. The van der Waals surface area contributed by atoms with E-state index in [9.17, 15) is 0 Å². The Labute approximate surface area is 167 Å². The largest absolute Gasteiger partial charge is 1.00 e. The zero-order valence-electron chi connectivity index (χ0n) is 13.6. The van der Waals surface area contributed by atoms with Crippen molar-refractivity contribution in [2.45, 2.75) is 36.7 Å². The average Bonchev–Trinajstić information content (AvgIpc) is 2.83. The molecule has 0 radical (unpaired) electrons. The van der Waals surface area contributed by atoms with Gasteiger partial charge in [-0.1, -0.05) is 0 Å². The summed E-state index contributed by atoms with van der Waals surface area (Å²) in [5.41, 5.74) is 8.76. The van der Waals surface area contributed by atoms with Crippen molar-refractivity contribution in [1.82, 2.24) is 0 Å². The van der Waals surface area contributed by atoms with Crippen molar-refractivity contribution in [1.29, 1.82) is 0 Å². The summed E-state index contributed by atoms with van der Waals surface area (Å²) in [5, 5.41) is 0. The summed E-state index contributed by atoms with van der Waals surface area (Å²) in [4.78, 5) is 0. The maximum atomic E-state index is 2.39. The second-order valence-electron chi connectivity index (χ2n) is 5.91. The van der Waals surface area contributed by atoms with Gasteiger partial charge in [0, 0.05) is 0 Å². The van der Waals surface area contributed by atoms with Gasteiger partial charge in [-0.3, -0.25) is 0 Å². The van der Waals surface area contributed by atoms with Crippen molar-refractivity contribution >= 4 is 11.6 Å². The van der Waals surface area contributed by atoms with Crippen LogP contribution in [0.15, 0.2) is 42.5 Å². The van der Waals surface area contributed by atoms with Crippen LogP contribution < -0.4 is 24.8 Å². The van der Waals surface area contributed by atoms with Gasteiger partial charge in [-0.15, -0.1) is 0 Å². The van der Waals surface area contributed by atoms with Crippen LogP contribution >= 0.6 is 0 Å². The van der Waals surface area contributed by atoms with Gasteiger partial charge in [-0.05, 0) is 0 Å². The summed E-state index contributed by atoms with van der Waals surface area (Å²) < 4.78 is 0.591. The molecule has 0 N–H and O–H groups in total. The molecule has 0 bridgehead atoms. The fourth-order valence-corrected chi connectivity index (χ4v) is 4.38. The number of hydrogen-bond donors (Lipinski definition) is 0. The molecule has 1 aliphatic rings. The van der Waals surface area contributed by atoms with Gasteiger partial charge >= 0.3 is 143 Å². The van der Waals surface area contributed by atoms with Crippen LogP contribution in [0.3, 0.4) is 0 Å². The predicted molar refractivity (Wildman–Crippen MR) is 86.8 cm³/mol. The van der Waals surface area contributed by atoms with Crippen LogP contribution in [0.4, 0.5) is 0 Å². The van der Waals surface area contributed by atoms with Crippen LogP contribution in [-0.4, -0.2) is 0 Å². The Morgan fingerprint density at radius 1 is 1.04 bits per heavy atom. The minimum atomic E-state index is 0. The van der Waals surface area contributed by atoms with Crippen LogP contribution in [0.5, 0.6) is 0 Å². The number of fused-ring (bicyclic) bond motifs is 1. The van der Waals surface area contributed by atoms with E-state index in [1.54, 1.807) is 24.7 Å². The Bertz CT molecular complexity index is 692. The van der Waals surface area contributed by atoms with Gasteiger partial charge in [0.1, 0.15) is 0 Å². The van der Waals surface area contributed by atoms with Gasteiger partial charge in [0.2, 0.25) is 0 Å². The number of hydrogen-bond acceptors (Lipinski definition) is 0. The molecule has 1 aliphatic carbocycles. The molecule has 0 saturated carbocycles. The first kappa shape index (κ1) is 20.7. The molecule has 2 aromatic carbocycles. The van der Waals surface area contributed by atoms with Crippen LogP contribution in [-0.2, 0) is 31.1 Å². The molecule has 0 fully saturated rings. The zero-order valence-corrected chi connectivity index (χ0v) is 17.5. The maximum Gasteiger partial charge on any atom is -1.00 e. The van der Waals surface area contributed by atoms with E-state index >= 15 is 0 Å². The van der Waals surface area contributed by atoms with Gasteiger partial charge in [-0.2, -0.15) is 0 Å². The van der Waals surface area contributed by atoms with E-state index in [1.807, 2.05) is 0 Å². The molecular weight excluding hydrogens is 402 g/mol. The summed E-state index contributed by atoms with van der Waals surface area (Å²) in [6.07, 6.45) is 6.15. The first-order valence-corrected chi connectivity index (χ1v) is 9.24. The van der Waals surface area contributed by atoms with E-state index in [2.05, 4.69) is 62.4 Å². The maximum absolute atomic E-state index is 2.39. The van der Waals surface area contributed by atoms with E-state index < -0.39 is 0 Å². The standard InChI is InChI=1S/C20H21.2ClH.Zr/c1-3-4-7-16-10-11-20(15(2)12-16)19-13-17-8-5-6-9-18(17)14-19;;;/h5-6,8-14H,3-4,7H2,1-2H3;2*1H;/q;;;+2/p-2.